The number of ether oxygens (including phenoxy) is 3. The van der Waals surface area contributed by atoms with Gasteiger partial charge in [-0.2, -0.15) is 0 Å². The molecule has 24 heavy (non-hydrogen) atoms. The van der Waals surface area contributed by atoms with E-state index in [1.165, 1.54) is 0 Å². The monoisotopic (exact) mass is 394 g/mol. The van der Waals surface area contributed by atoms with Crippen molar-refractivity contribution < 1.29 is 24.1 Å². The van der Waals surface area contributed by atoms with E-state index in [1.54, 1.807) is 19.2 Å². The third-order valence-electron chi connectivity index (χ3n) is 3.31. The molecule has 0 aliphatic heterocycles. The van der Waals surface area contributed by atoms with E-state index in [4.69, 9.17) is 19.3 Å². The molecule has 0 saturated heterocycles. The summed E-state index contributed by atoms with van der Waals surface area (Å²) in [4.78, 5) is 10.8. The lowest BCUT2D eigenvalue weighted by Gasteiger charge is -2.13. The zero-order chi connectivity index (χ0) is 17.4. The summed E-state index contributed by atoms with van der Waals surface area (Å²) >= 11 is 3.37. The van der Waals surface area contributed by atoms with Crippen LogP contribution in [0.5, 0.6) is 17.2 Å². The zero-order valence-corrected chi connectivity index (χ0v) is 14.9. The zero-order valence-electron chi connectivity index (χ0n) is 13.3. The van der Waals surface area contributed by atoms with Crippen LogP contribution in [0.1, 0.15) is 12.0 Å². The van der Waals surface area contributed by atoms with Gasteiger partial charge >= 0.3 is 5.97 Å². The van der Waals surface area contributed by atoms with Crippen molar-refractivity contribution in [3.8, 4) is 17.2 Å². The highest BCUT2D eigenvalue weighted by Crippen LogP contribution is 2.26. The van der Waals surface area contributed by atoms with Crippen molar-refractivity contribution in [2.24, 2.45) is 0 Å². The Labute approximate surface area is 149 Å². The lowest BCUT2D eigenvalue weighted by Crippen LogP contribution is -2.10. The second-order valence-corrected chi connectivity index (χ2v) is 5.93. The number of carbonyl (C=O) groups is 1. The number of aliphatic carboxylic acids is 1. The summed E-state index contributed by atoms with van der Waals surface area (Å²) in [7, 11) is 1.58. The summed E-state index contributed by atoms with van der Waals surface area (Å²) in [6.07, 6.45) is 0.459. The highest BCUT2D eigenvalue weighted by molar-refractivity contribution is 9.10. The molecule has 0 atom stereocenters. The van der Waals surface area contributed by atoms with Gasteiger partial charge in [-0.15, -0.1) is 0 Å². The molecular formula is C18H19BrO5. The van der Waals surface area contributed by atoms with Gasteiger partial charge in [0.1, 0.15) is 30.5 Å². The average molecular weight is 395 g/mol. The van der Waals surface area contributed by atoms with E-state index in [2.05, 4.69) is 15.9 Å². The summed E-state index contributed by atoms with van der Waals surface area (Å²) in [5, 5.41) is 8.84. The van der Waals surface area contributed by atoms with Crippen molar-refractivity contribution in [2.75, 3.05) is 20.3 Å². The molecule has 2 aromatic carbocycles. The Hall–Kier alpha value is -2.21. The summed E-state index contributed by atoms with van der Waals surface area (Å²) in [6.45, 7) is 0.737. The first-order valence-electron chi connectivity index (χ1n) is 7.48. The molecule has 0 aromatic heterocycles. The highest BCUT2D eigenvalue weighted by Gasteiger charge is 2.08. The second kappa shape index (κ2) is 9.17. The second-order valence-electron chi connectivity index (χ2n) is 5.02. The topological polar surface area (TPSA) is 65.0 Å². The number of rotatable bonds is 9. The molecule has 0 spiro atoms. The molecule has 0 amide bonds. The molecule has 0 radical (unpaired) electrons. The Kier molecular flexibility index (Phi) is 6.93. The SMILES string of the molecule is COc1ccc(CCC(=O)O)c(OCCOc2ccc(Br)cc2)c1. The lowest BCUT2D eigenvalue weighted by atomic mass is 10.1. The Morgan fingerprint density at radius 3 is 2.38 bits per heavy atom. The maximum atomic E-state index is 10.8. The van der Waals surface area contributed by atoms with Crippen LogP contribution in [0, 0.1) is 0 Å². The minimum Gasteiger partial charge on any atom is -0.497 e. The molecular weight excluding hydrogens is 376 g/mol. The Morgan fingerprint density at radius 1 is 1.04 bits per heavy atom. The Bertz CT molecular complexity index is 670. The molecule has 5 nitrogen and oxygen atoms in total. The van der Waals surface area contributed by atoms with Crippen molar-refractivity contribution in [3.05, 3.63) is 52.5 Å². The van der Waals surface area contributed by atoms with Crippen LogP contribution in [-0.2, 0) is 11.2 Å². The normalized spacial score (nSPS) is 10.2. The van der Waals surface area contributed by atoms with Crippen LogP contribution < -0.4 is 14.2 Å². The van der Waals surface area contributed by atoms with Crippen LogP contribution in [-0.4, -0.2) is 31.4 Å². The molecule has 6 heteroatoms. The van der Waals surface area contributed by atoms with Gasteiger partial charge < -0.3 is 19.3 Å². The fraction of sp³-hybridized carbons (Fsp3) is 0.278. The predicted octanol–water partition coefficient (Wildman–Crippen LogP) is 3.93. The Balaban J connectivity index is 1.91. The van der Waals surface area contributed by atoms with E-state index >= 15 is 0 Å². The van der Waals surface area contributed by atoms with Crippen molar-refractivity contribution in [2.45, 2.75) is 12.8 Å². The van der Waals surface area contributed by atoms with Crippen LogP contribution in [0.15, 0.2) is 46.9 Å². The maximum absolute atomic E-state index is 10.8. The van der Waals surface area contributed by atoms with Crippen molar-refractivity contribution >= 4 is 21.9 Å². The predicted molar refractivity (Wildman–Crippen MR) is 94.1 cm³/mol. The molecule has 0 unspecified atom stereocenters. The van der Waals surface area contributed by atoms with Gasteiger partial charge in [0.15, 0.2) is 0 Å². The van der Waals surface area contributed by atoms with Crippen LogP contribution in [0.2, 0.25) is 0 Å². The smallest absolute Gasteiger partial charge is 0.303 e. The number of methoxy groups -OCH3 is 1. The van der Waals surface area contributed by atoms with Gasteiger partial charge in [0, 0.05) is 17.0 Å². The molecule has 2 aromatic rings. The van der Waals surface area contributed by atoms with Gasteiger partial charge in [0.25, 0.3) is 0 Å². The quantitative estimate of drug-likeness (QED) is 0.652. The summed E-state index contributed by atoms with van der Waals surface area (Å²) in [6, 6.07) is 12.9. The van der Waals surface area contributed by atoms with Gasteiger partial charge in [-0.25, -0.2) is 0 Å². The van der Waals surface area contributed by atoms with Crippen LogP contribution >= 0.6 is 15.9 Å². The largest absolute Gasteiger partial charge is 0.497 e. The Morgan fingerprint density at radius 2 is 1.71 bits per heavy atom. The molecule has 0 bridgehead atoms. The fourth-order valence-electron chi connectivity index (χ4n) is 2.09. The summed E-state index contributed by atoms with van der Waals surface area (Å²) in [5.74, 6) is 1.21. The van der Waals surface area contributed by atoms with Crippen molar-refractivity contribution in [3.63, 3.8) is 0 Å². The van der Waals surface area contributed by atoms with E-state index in [1.807, 2.05) is 30.3 Å². The van der Waals surface area contributed by atoms with E-state index in [0.29, 0.717) is 31.1 Å². The summed E-state index contributed by atoms with van der Waals surface area (Å²) < 4.78 is 17.5. The molecule has 0 aliphatic carbocycles. The number of halogens is 1. The van der Waals surface area contributed by atoms with Gasteiger partial charge in [-0.05, 0) is 42.3 Å². The van der Waals surface area contributed by atoms with Crippen LogP contribution in [0.25, 0.3) is 0 Å². The van der Waals surface area contributed by atoms with E-state index in [9.17, 15) is 4.79 Å². The number of carboxylic acids is 1. The van der Waals surface area contributed by atoms with Gasteiger partial charge in [0.05, 0.1) is 7.11 Å². The number of carboxylic acid groups (broad SMARTS) is 1. The number of aryl methyl sites for hydroxylation is 1. The van der Waals surface area contributed by atoms with Crippen molar-refractivity contribution in [1.29, 1.82) is 0 Å². The first-order chi connectivity index (χ1) is 11.6. The van der Waals surface area contributed by atoms with E-state index in [-0.39, 0.29) is 6.42 Å². The first-order valence-corrected chi connectivity index (χ1v) is 8.27. The number of hydrogen-bond donors (Lipinski definition) is 1. The summed E-state index contributed by atoms with van der Waals surface area (Å²) in [5.41, 5.74) is 0.835. The number of benzene rings is 2. The van der Waals surface area contributed by atoms with Crippen molar-refractivity contribution in [1.82, 2.24) is 0 Å². The fourth-order valence-corrected chi connectivity index (χ4v) is 2.35. The highest BCUT2D eigenvalue weighted by atomic mass is 79.9. The minimum absolute atomic E-state index is 0.0537. The van der Waals surface area contributed by atoms with Gasteiger partial charge in [-0.3, -0.25) is 4.79 Å². The lowest BCUT2D eigenvalue weighted by molar-refractivity contribution is -0.136. The van der Waals surface area contributed by atoms with Gasteiger partial charge in [-0.1, -0.05) is 22.0 Å². The minimum atomic E-state index is -0.838. The molecule has 1 N–H and O–H groups in total. The average Bonchev–Trinajstić information content (AvgIpc) is 2.58. The molecule has 0 saturated carbocycles. The third kappa shape index (κ3) is 5.77. The first kappa shape index (κ1) is 18.1. The molecule has 128 valence electrons. The van der Waals surface area contributed by atoms with Crippen LogP contribution in [0.4, 0.5) is 0 Å². The van der Waals surface area contributed by atoms with E-state index < -0.39 is 5.97 Å². The van der Waals surface area contributed by atoms with E-state index in [0.717, 1.165) is 15.8 Å². The van der Waals surface area contributed by atoms with Gasteiger partial charge in [0.2, 0.25) is 0 Å². The molecule has 0 heterocycles. The molecule has 2 rings (SSSR count). The molecule has 0 aliphatic rings. The maximum Gasteiger partial charge on any atom is 0.303 e. The standard InChI is InChI=1S/C18H19BrO5/c1-22-16-6-2-13(3-9-18(20)21)17(12-16)24-11-10-23-15-7-4-14(19)5-8-15/h2,4-8,12H,3,9-11H2,1H3,(H,20,21). The number of hydrogen-bond acceptors (Lipinski definition) is 4. The molecule has 0 fully saturated rings. The van der Waals surface area contributed by atoms with Crippen LogP contribution in [0.3, 0.4) is 0 Å². The third-order valence-corrected chi connectivity index (χ3v) is 3.83.